The van der Waals surface area contributed by atoms with E-state index in [2.05, 4.69) is 152 Å². The summed E-state index contributed by atoms with van der Waals surface area (Å²) in [7, 11) is 0. The minimum atomic E-state index is -0.384. The highest BCUT2D eigenvalue weighted by Crippen LogP contribution is 2.63. The molecule has 0 radical (unpaired) electrons. The lowest BCUT2D eigenvalue weighted by atomic mass is 9.70. The summed E-state index contributed by atoms with van der Waals surface area (Å²) in [6.45, 7) is 0. The molecule has 0 bridgehead atoms. The van der Waals surface area contributed by atoms with Crippen molar-refractivity contribution in [3.8, 4) is 78.7 Å². The predicted octanol–water partition coefficient (Wildman–Crippen LogP) is 16.3. The van der Waals surface area contributed by atoms with Crippen molar-refractivity contribution < 1.29 is 8.83 Å². The van der Waals surface area contributed by atoms with Crippen molar-refractivity contribution in [3.05, 3.63) is 247 Å². The molecule has 0 atom stereocenters. The summed E-state index contributed by atoms with van der Waals surface area (Å²) in [5.41, 5.74) is 20.5. The number of hydrogen-bond donors (Lipinski definition) is 0. The van der Waals surface area contributed by atoms with Crippen molar-refractivity contribution in [2.45, 2.75) is 5.41 Å². The number of benzene rings is 10. The third-order valence-corrected chi connectivity index (χ3v) is 14.6. The van der Waals surface area contributed by atoms with Crippen LogP contribution in [-0.2, 0) is 5.41 Å². The van der Waals surface area contributed by atoms with Crippen molar-refractivity contribution in [1.82, 2.24) is 15.0 Å². The van der Waals surface area contributed by atoms with Crippen molar-refractivity contribution in [2.75, 3.05) is 0 Å². The molecule has 3 heterocycles. The van der Waals surface area contributed by atoms with Gasteiger partial charge in [0.1, 0.15) is 22.3 Å². The first-order chi connectivity index (χ1) is 34.2. The summed E-state index contributed by atoms with van der Waals surface area (Å²) < 4.78 is 13.1. The Morgan fingerprint density at radius 2 is 0.768 bits per heavy atom. The molecule has 0 aliphatic heterocycles. The van der Waals surface area contributed by atoms with Gasteiger partial charge < -0.3 is 8.83 Å². The van der Waals surface area contributed by atoms with Crippen LogP contribution in [0.3, 0.4) is 0 Å². The number of nitrogens with zero attached hydrogens (tertiary/aromatic N) is 3. The van der Waals surface area contributed by atoms with Crippen LogP contribution in [0.25, 0.3) is 123 Å². The number of aromatic nitrogens is 3. The first kappa shape index (κ1) is 38.0. The van der Waals surface area contributed by atoms with Crippen molar-refractivity contribution in [1.29, 1.82) is 0 Å². The highest BCUT2D eigenvalue weighted by atomic mass is 16.3. The fourth-order valence-corrected chi connectivity index (χ4v) is 11.6. The highest BCUT2D eigenvalue weighted by Gasteiger charge is 2.51. The molecule has 10 aromatic carbocycles. The van der Waals surface area contributed by atoms with E-state index in [0.717, 1.165) is 71.7 Å². The molecule has 0 fully saturated rings. The van der Waals surface area contributed by atoms with Gasteiger partial charge in [0.2, 0.25) is 0 Å². The first-order valence-electron chi connectivity index (χ1n) is 23.4. The van der Waals surface area contributed by atoms with Gasteiger partial charge in [-0.15, -0.1) is 0 Å². The summed E-state index contributed by atoms with van der Waals surface area (Å²) in [6.07, 6.45) is 0. The van der Waals surface area contributed by atoms with Crippen molar-refractivity contribution in [2.24, 2.45) is 0 Å². The van der Waals surface area contributed by atoms with Crippen LogP contribution in [0.1, 0.15) is 22.3 Å². The third kappa shape index (κ3) is 5.44. The lowest BCUT2D eigenvalue weighted by Gasteiger charge is -2.30. The molecule has 2 aliphatic rings. The van der Waals surface area contributed by atoms with Crippen LogP contribution in [0.4, 0.5) is 0 Å². The Hall–Kier alpha value is -9.19. The molecule has 0 amide bonds. The molecule has 13 aromatic rings. The molecule has 0 unspecified atom stereocenters. The quantitative estimate of drug-likeness (QED) is 0.172. The highest BCUT2D eigenvalue weighted by molar-refractivity contribution is 6.13. The monoisotopic (exact) mass is 879 g/mol. The summed E-state index contributed by atoms with van der Waals surface area (Å²) in [5.74, 6) is 1.67. The normalized spacial score (nSPS) is 13.0. The molecule has 0 saturated heterocycles. The Labute approximate surface area is 396 Å². The van der Waals surface area contributed by atoms with Gasteiger partial charge in [-0.05, 0) is 103 Å². The predicted molar refractivity (Wildman–Crippen MR) is 278 cm³/mol. The fraction of sp³-hybridized carbons (Fsp3) is 0.0156. The molecular formula is C64H37N3O2. The largest absolute Gasteiger partial charge is 0.456 e. The molecular weight excluding hydrogens is 843 g/mol. The second kappa shape index (κ2) is 14.4. The zero-order valence-electron chi connectivity index (χ0n) is 37.0. The van der Waals surface area contributed by atoms with Gasteiger partial charge in [-0.1, -0.05) is 188 Å². The maximum absolute atomic E-state index is 6.56. The van der Waals surface area contributed by atoms with E-state index in [-0.39, 0.29) is 5.41 Å². The molecule has 320 valence electrons. The minimum Gasteiger partial charge on any atom is -0.456 e. The van der Waals surface area contributed by atoms with Crippen LogP contribution in [0.15, 0.2) is 233 Å². The van der Waals surface area contributed by atoms with Gasteiger partial charge in [-0.2, -0.15) is 0 Å². The lowest BCUT2D eigenvalue weighted by Crippen LogP contribution is -2.25. The SMILES string of the molecule is c1ccc(-c2nc(-c3cccc4c3oc3ccccc34)nc(-c3cccc4oc5ccc(-c6ccc(-c7ccc8c(c7)C7(c9ccccc9-c9ccccc97)c7ccccc7-8)cc6)cc5c34)n2)cc1. The van der Waals surface area contributed by atoms with Crippen LogP contribution < -0.4 is 0 Å². The molecule has 0 saturated carbocycles. The molecule has 15 rings (SSSR count). The second-order valence-corrected chi connectivity index (χ2v) is 18.2. The van der Waals surface area contributed by atoms with Gasteiger partial charge in [0.05, 0.1) is 11.0 Å². The summed E-state index contributed by atoms with van der Waals surface area (Å²) in [4.78, 5) is 15.5. The van der Waals surface area contributed by atoms with Crippen LogP contribution >= 0.6 is 0 Å². The summed E-state index contributed by atoms with van der Waals surface area (Å²) >= 11 is 0. The number of fused-ring (bicyclic) bond motifs is 16. The zero-order valence-corrected chi connectivity index (χ0v) is 37.0. The number of furan rings is 2. The average molecular weight is 880 g/mol. The van der Waals surface area contributed by atoms with Crippen LogP contribution in [0.2, 0.25) is 0 Å². The summed E-state index contributed by atoms with van der Waals surface area (Å²) in [5, 5.41) is 4.01. The molecule has 2 aliphatic carbocycles. The summed E-state index contributed by atoms with van der Waals surface area (Å²) in [6, 6.07) is 79.9. The maximum Gasteiger partial charge on any atom is 0.167 e. The topological polar surface area (TPSA) is 65.0 Å². The van der Waals surface area contributed by atoms with E-state index >= 15 is 0 Å². The smallest absolute Gasteiger partial charge is 0.167 e. The van der Waals surface area contributed by atoms with Crippen LogP contribution in [0.5, 0.6) is 0 Å². The number of rotatable bonds is 5. The van der Waals surface area contributed by atoms with E-state index in [4.69, 9.17) is 23.8 Å². The zero-order chi connectivity index (χ0) is 45.2. The third-order valence-electron chi connectivity index (χ3n) is 14.6. The van der Waals surface area contributed by atoms with E-state index in [1.54, 1.807) is 0 Å². The van der Waals surface area contributed by atoms with E-state index < -0.39 is 0 Å². The molecule has 5 heteroatoms. The number of para-hydroxylation sites is 2. The number of hydrogen-bond acceptors (Lipinski definition) is 5. The van der Waals surface area contributed by atoms with Crippen LogP contribution in [-0.4, -0.2) is 15.0 Å². The van der Waals surface area contributed by atoms with Gasteiger partial charge in [0, 0.05) is 32.7 Å². The standard InChI is InChI=1S/C64H37N3O2/c1-2-14-40(15-3-1)61-65-62(67-63(66-61)50-22-12-20-48-47-19-7-11-26-56(47)69-60(48)50)49-21-13-27-58-59(49)51-36-41(33-35-57(51)68-58)38-28-30-39(31-29-38)42-32-34-46-45-18-6-10-25-54(45)64(55(46)37-42)52-23-8-4-16-43(52)44-17-5-9-24-53(44)64/h1-37H. The van der Waals surface area contributed by atoms with Gasteiger partial charge >= 0.3 is 0 Å². The molecule has 5 nitrogen and oxygen atoms in total. The van der Waals surface area contributed by atoms with E-state index in [9.17, 15) is 0 Å². The minimum absolute atomic E-state index is 0.384. The van der Waals surface area contributed by atoms with Gasteiger partial charge in [-0.25, -0.2) is 15.0 Å². The van der Waals surface area contributed by atoms with Gasteiger partial charge in [0.15, 0.2) is 17.5 Å². The molecule has 0 N–H and O–H groups in total. The lowest BCUT2D eigenvalue weighted by molar-refractivity contribution is 0.668. The van der Waals surface area contributed by atoms with E-state index in [1.807, 2.05) is 72.8 Å². The first-order valence-corrected chi connectivity index (χ1v) is 23.4. The molecule has 3 aromatic heterocycles. The van der Waals surface area contributed by atoms with Crippen LogP contribution in [0, 0.1) is 0 Å². The van der Waals surface area contributed by atoms with Crippen molar-refractivity contribution >= 4 is 43.9 Å². The molecule has 69 heavy (non-hydrogen) atoms. The van der Waals surface area contributed by atoms with Gasteiger partial charge in [0.25, 0.3) is 0 Å². The second-order valence-electron chi connectivity index (χ2n) is 18.2. The molecule has 1 spiro atoms. The Balaban J connectivity index is 0.841. The van der Waals surface area contributed by atoms with Gasteiger partial charge in [-0.3, -0.25) is 0 Å². The Morgan fingerprint density at radius 1 is 0.275 bits per heavy atom. The Morgan fingerprint density at radius 3 is 1.49 bits per heavy atom. The van der Waals surface area contributed by atoms with E-state index in [0.29, 0.717) is 17.5 Å². The van der Waals surface area contributed by atoms with Crippen molar-refractivity contribution in [3.63, 3.8) is 0 Å². The maximum atomic E-state index is 6.56. The fourth-order valence-electron chi connectivity index (χ4n) is 11.6. The Bertz CT molecular complexity index is 4200. The average Bonchev–Trinajstić information content (AvgIpc) is 4.16. The van der Waals surface area contributed by atoms with E-state index in [1.165, 1.54) is 55.6 Å². The Kier molecular flexibility index (Phi) is 7.93.